The number of hydrogen-bond donors (Lipinski definition) is 2. The lowest BCUT2D eigenvalue weighted by Crippen LogP contribution is -2.23. The van der Waals surface area contributed by atoms with Crippen LogP contribution < -0.4 is 10.6 Å². The topological polar surface area (TPSA) is 24.1 Å². The first-order valence-corrected chi connectivity index (χ1v) is 6.20. The number of hydrogen-bond acceptors (Lipinski definition) is 2. The molecule has 2 N–H and O–H groups in total. The van der Waals surface area contributed by atoms with Crippen LogP contribution in [0, 0.1) is 17.5 Å². The molecule has 0 amide bonds. The normalized spacial score (nSPS) is 10.9. The van der Waals surface area contributed by atoms with Gasteiger partial charge in [0.2, 0.25) is 0 Å². The molecule has 0 fully saturated rings. The fraction of sp³-hybridized carbons (Fsp3) is 0.538. The summed E-state index contributed by atoms with van der Waals surface area (Å²) in [6.07, 6.45) is 1.96. The highest BCUT2D eigenvalue weighted by atomic mass is 19.1. The van der Waals surface area contributed by atoms with Crippen molar-refractivity contribution in [3.63, 3.8) is 0 Å². The Hall–Kier alpha value is -1.07. The molecule has 0 saturated carbocycles. The van der Waals surface area contributed by atoms with Crippen LogP contribution in [-0.2, 0) is 6.54 Å². The molecule has 0 saturated heterocycles. The van der Waals surface area contributed by atoms with Crippen LogP contribution in [0.5, 0.6) is 0 Å². The SMILES string of the molecule is CCCNCCCNCc1c(F)cc(F)cc1F. The molecule has 5 heteroatoms. The molecule has 0 heterocycles. The Labute approximate surface area is 106 Å². The van der Waals surface area contributed by atoms with Gasteiger partial charge in [-0.25, -0.2) is 13.2 Å². The number of halogens is 3. The summed E-state index contributed by atoms with van der Waals surface area (Å²) in [5, 5.41) is 6.16. The average Bonchev–Trinajstić information content (AvgIpc) is 2.30. The summed E-state index contributed by atoms with van der Waals surface area (Å²) in [7, 11) is 0. The van der Waals surface area contributed by atoms with Crippen LogP contribution in [0.1, 0.15) is 25.3 Å². The van der Waals surface area contributed by atoms with Crippen molar-refractivity contribution >= 4 is 0 Å². The number of rotatable bonds is 8. The Bertz CT molecular complexity index is 346. The van der Waals surface area contributed by atoms with Crippen molar-refractivity contribution in [1.29, 1.82) is 0 Å². The third-order valence-electron chi connectivity index (χ3n) is 2.54. The maximum absolute atomic E-state index is 13.3. The molecule has 0 aromatic heterocycles. The van der Waals surface area contributed by atoms with E-state index < -0.39 is 17.5 Å². The predicted octanol–water partition coefficient (Wildman–Crippen LogP) is 2.58. The van der Waals surface area contributed by atoms with Crippen molar-refractivity contribution in [3.05, 3.63) is 35.1 Å². The van der Waals surface area contributed by atoms with Gasteiger partial charge in [-0.2, -0.15) is 0 Å². The Morgan fingerprint density at radius 3 is 2.17 bits per heavy atom. The number of benzene rings is 1. The van der Waals surface area contributed by atoms with E-state index in [1.807, 2.05) is 0 Å². The van der Waals surface area contributed by atoms with Gasteiger partial charge >= 0.3 is 0 Å². The van der Waals surface area contributed by atoms with E-state index in [-0.39, 0.29) is 12.1 Å². The molecule has 1 aromatic rings. The second-order valence-corrected chi connectivity index (χ2v) is 4.13. The summed E-state index contributed by atoms with van der Waals surface area (Å²) in [6, 6.07) is 1.39. The smallest absolute Gasteiger partial charge is 0.133 e. The minimum Gasteiger partial charge on any atom is -0.317 e. The van der Waals surface area contributed by atoms with E-state index in [9.17, 15) is 13.2 Å². The van der Waals surface area contributed by atoms with E-state index in [4.69, 9.17) is 0 Å². The van der Waals surface area contributed by atoms with Gasteiger partial charge in [0.15, 0.2) is 0 Å². The van der Waals surface area contributed by atoms with Gasteiger partial charge in [-0.05, 0) is 32.5 Å². The fourth-order valence-electron chi connectivity index (χ4n) is 1.59. The molecule has 1 rings (SSSR count). The molecule has 102 valence electrons. The molecule has 0 atom stereocenters. The van der Waals surface area contributed by atoms with Gasteiger partial charge in [0.25, 0.3) is 0 Å². The van der Waals surface area contributed by atoms with Crippen LogP contribution in [0.25, 0.3) is 0 Å². The van der Waals surface area contributed by atoms with Crippen molar-refractivity contribution in [2.45, 2.75) is 26.3 Å². The third-order valence-corrected chi connectivity index (χ3v) is 2.54. The molecule has 0 aliphatic carbocycles. The molecule has 0 spiro atoms. The Morgan fingerprint density at radius 2 is 1.56 bits per heavy atom. The van der Waals surface area contributed by atoms with Crippen molar-refractivity contribution in [2.24, 2.45) is 0 Å². The molecule has 0 aliphatic rings. The van der Waals surface area contributed by atoms with E-state index in [2.05, 4.69) is 17.6 Å². The maximum Gasteiger partial charge on any atom is 0.133 e. The third kappa shape index (κ3) is 5.06. The van der Waals surface area contributed by atoms with Crippen molar-refractivity contribution in [2.75, 3.05) is 19.6 Å². The van der Waals surface area contributed by atoms with Crippen molar-refractivity contribution in [3.8, 4) is 0 Å². The van der Waals surface area contributed by atoms with E-state index in [1.165, 1.54) is 0 Å². The zero-order valence-electron chi connectivity index (χ0n) is 10.5. The quantitative estimate of drug-likeness (QED) is 0.702. The van der Waals surface area contributed by atoms with Crippen LogP contribution in [0.3, 0.4) is 0 Å². The Kier molecular flexibility index (Phi) is 6.75. The molecule has 1 aromatic carbocycles. The molecule has 0 bridgehead atoms. The van der Waals surface area contributed by atoms with E-state index in [0.717, 1.165) is 25.9 Å². The Morgan fingerprint density at radius 1 is 0.944 bits per heavy atom. The highest BCUT2D eigenvalue weighted by molar-refractivity contribution is 5.20. The first-order valence-electron chi connectivity index (χ1n) is 6.20. The highest BCUT2D eigenvalue weighted by Crippen LogP contribution is 2.14. The summed E-state index contributed by atoms with van der Waals surface area (Å²) in [5.74, 6) is -2.58. The van der Waals surface area contributed by atoms with Crippen molar-refractivity contribution in [1.82, 2.24) is 10.6 Å². The molecule has 0 aliphatic heterocycles. The predicted molar refractivity (Wildman–Crippen MR) is 65.8 cm³/mol. The zero-order chi connectivity index (χ0) is 13.4. The van der Waals surface area contributed by atoms with Gasteiger partial charge in [-0.15, -0.1) is 0 Å². The van der Waals surface area contributed by atoms with Gasteiger partial charge < -0.3 is 10.6 Å². The first kappa shape index (κ1) is 15.0. The van der Waals surface area contributed by atoms with Crippen molar-refractivity contribution < 1.29 is 13.2 Å². The van der Waals surface area contributed by atoms with E-state index in [1.54, 1.807) is 0 Å². The lowest BCUT2D eigenvalue weighted by Gasteiger charge is -2.08. The minimum atomic E-state index is -0.891. The fourth-order valence-corrected chi connectivity index (χ4v) is 1.59. The lowest BCUT2D eigenvalue weighted by atomic mass is 10.2. The van der Waals surface area contributed by atoms with Crippen LogP contribution in [-0.4, -0.2) is 19.6 Å². The largest absolute Gasteiger partial charge is 0.317 e. The first-order chi connectivity index (χ1) is 8.65. The monoisotopic (exact) mass is 260 g/mol. The summed E-state index contributed by atoms with van der Waals surface area (Å²) in [5.41, 5.74) is -0.113. The van der Waals surface area contributed by atoms with Gasteiger partial charge in [0.1, 0.15) is 17.5 Å². The maximum atomic E-state index is 13.3. The van der Waals surface area contributed by atoms with Crippen LogP contribution >= 0.6 is 0 Å². The van der Waals surface area contributed by atoms with Crippen LogP contribution in [0.4, 0.5) is 13.2 Å². The summed E-state index contributed by atoms with van der Waals surface area (Å²) >= 11 is 0. The summed E-state index contributed by atoms with van der Waals surface area (Å²) in [4.78, 5) is 0. The molecule has 0 unspecified atom stereocenters. The summed E-state index contributed by atoms with van der Waals surface area (Å²) < 4.78 is 39.2. The molecule has 2 nitrogen and oxygen atoms in total. The van der Waals surface area contributed by atoms with Crippen LogP contribution in [0.2, 0.25) is 0 Å². The minimum absolute atomic E-state index is 0.0751. The second kappa shape index (κ2) is 8.11. The van der Waals surface area contributed by atoms with Crippen LogP contribution in [0.15, 0.2) is 12.1 Å². The molecular weight excluding hydrogens is 241 g/mol. The summed E-state index contributed by atoms with van der Waals surface area (Å²) in [6.45, 7) is 4.67. The Balaban J connectivity index is 2.27. The molecular formula is C13H19F3N2. The highest BCUT2D eigenvalue weighted by Gasteiger charge is 2.10. The van der Waals surface area contributed by atoms with E-state index in [0.29, 0.717) is 18.7 Å². The van der Waals surface area contributed by atoms with E-state index >= 15 is 0 Å². The second-order valence-electron chi connectivity index (χ2n) is 4.13. The van der Waals surface area contributed by atoms with Gasteiger partial charge in [0.05, 0.1) is 0 Å². The average molecular weight is 260 g/mol. The van der Waals surface area contributed by atoms with Gasteiger partial charge in [-0.1, -0.05) is 6.92 Å². The standard InChI is InChI=1S/C13H19F3N2/c1-2-4-17-5-3-6-18-9-11-12(15)7-10(14)8-13(11)16/h7-8,17-18H,2-6,9H2,1H3. The molecule has 18 heavy (non-hydrogen) atoms. The number of nitrogens with one attached hydrogen (secondary N) is 2. The van der Waals surface area contributed by atoms with Gasteiger partial charge in [0, 0.05) is 24.2 Å². The molecule has 0 radical (unpaired) electrons. The van der Waals surface area contributed by atoms with Gasteiger partial charge in [-0.3, -0.25) is 0 Å². The lowest BCUT2D eigenvalue weighted by molar-refractivity contribution is 0.506. The zero-order valence-corrected chi connectivity index (χ0v) is 10.5.